The van der Waals surface area contributed by atoms with Crippen molar-refractivity contribution in [3.8, 4) is 0 Å². The molecular formula is C22H23ClN2O6S2. The monoisotopic (exact) mass is 510 g/mol. The summed E-state index contributed by atoms with van der Waals surface area (Å²) in [7, 11) is -3.43. The Balaban J connectivity index is 1.55. The van der Waals surface area contributed by atoms with Crippen LogP contribution in [-0.4, -0.2) is 41.9 Å². The van der Waals surface area contributed by atoms with E-state index < -0.39 is 27.0 Å². The zero-order valence-corrected chi connectivity index (χ0v) is 19.9. The van der Waals surface area contributed by atoms with Gasteiger partial charge in [0.2, 0.25) is 0 Å². The molecule has 0 fully saturated rings. The number of carbonyl (C=O) groups excluding carboxylic acids is 1. The molecule has 3 aromatic rings. The minimum atomic E-state index is -3.43. The maximum absolute atomic E-state index is 12.3. The van der Waals surface area contributed by atoms with E-state index in [2.05, 4.69) is 5.32 Å². The molecule has 2 N–H and O–H groups in total. The van der Waals surface area contributed by atoms with E-state index in [9.17, 15) is 22.0 Å². The van der Waals surface area contributed by atoms with Crippen LogP contribution in [0.5, 0.6) is 0 Å². The first kappa shape index (κ1) is 25.0. The summed E-state index contributed by atoms with van der Waals surface area (Å²) in [4.78, 5) is 12.3. The van der Waals surface area contributed by atoms with Crippen LogP contribution in [0.25, 0.3) is 0 Å². The Bertz CT molecular complexity index is 1200. The fraction of sp³-hybridized carbons (Fsp3) is 0.227. The summed E-state index contributed by atoms with van der Waals surface area (Å²) in [5.74, 6) is -0.552. The lowest BCUT2D eigenvalue weighted by atomic mass is 10.1. The number of halogens is 1. The SMILES string of the molecule is O=C(NCCS(=O)(=O)Cc1ccco1)c1ccc(N(CCc2ccccc2Cl)S(=O)O)cc1. The molecule has 0 radical (unpaired) electrons. The molecule has 0 aliphatic carbocycles. The second kappa shape index (κ2) is 11.5. The molecule has 33 heavy (non-hydrogen) atoms. The molecule has 0 aliphatic rings. The molecule has 11 heteroatoms. The summed E-state index contributed by atoms with van der Waals surface area (Å²) < 4.78 is 52.1. The maximum Gasteiger partial charge on any atom is 0.261 e. The zero-order valence-electron chi connectivity index (χ0n) is 17.5. The third kappa shape index (κ3) is 7.43. The number of carbonyl (C=O) groups is 1. The Kier molecular flexibility index (Phi) is 8.67. The highest BCUT2D eigenvalue weighted by Gasteiger charge is 2.16. The normalized spacial score (nSPS) is 12.3. The molecule has 8 nitrogen and oxygen atoms in total. The van der Waals surface area contributed by atoms with E-state index in [1.807, 2.05) is 18.2 Å². The smallest absolute Gasteiger partial charge is 0.261 e. The lowest BCUT2D eigenvalue weighted by Gasteiger charge is -2.20. The predicted molar refractivity (Wildman–Crippen MR) is 128 cm³/mol. The number of hydrogen-bond donors (Lipinski definition) is 2. The summed E-state index contributed by atoms with van der Waals surface area (Å²) in [6.07, 6.45) is 1.86. The summed E-state index contributed by atoms with van der Waals surface area (Å²) in [6.45, 7) is 0.195. The maximum atomic E-state index is 12.3. The molecule has 1 aromatic heterocycles. The van der Waals surface area contributed by atoms with E-state index in [0.717, 1.165) is 5.56 Å². The Labute approximate surface area is 199 Å². The van der Waals surface area contributed by atoms with Crippen LogP contribution in [0.15, 0.2) is 71.3 Å². The van der Waals surface area contributed by atoms with Crippen molar-refractivity contribution in [2.75, 3.05) is 23.1 Å². The number of nitrogens with one attached hydrogen (secondary N) is 1. The third-order valence-electron chi connectivity index (χ3n) is 4.79. The second-order valence-corrected chi connectivity index (χ2v) is 10.6. The van der Waals surface area contributed by atoms with E-state index in [1.54, 1.807) is 30.3 Å². The van der Waals surface area contributed by atoms with Crippen molar-refractivity contribution in [3.05, 3.63) is 88.8 Å². The second-order valence-electron chi connectivity index (χ2n) is 7.15. The van der Waals surface area contributed by atoms with Gasteiger partial charge in [0.05, 0.1) is 17.7 Å². The molecule has 1 atom stereocenters. The number of rotatable bonds is 11. The van der Waals surface area contributed by atoms with Crippen molar-refractivity contribution < 1.29 is 26.4 Å². The highest BCUT2D eigenvalue weighted by atomic mass is 35.5. The largest absolute Gasteiger partial charge is 0.468 e. The van der Waals surface area contributed by atoms with Crippen LogP contribution >= 0.6 is 11.6 Å². The van der Waals surface area contributed by atoms with Crippen LogP contribution < -0.4 is 9.62 Å². The molecule has 1 amide bonds. The van der Waals surface area contributed by atoms with Gasteiger partial charge in [-0.3, -0.25) is 13.7 Å². The van der Waals surface area contributed by atoms with E-state index in [1.165, 1.54) is 22.7 Å². The van der Waals surface area contributed by atoms with Gasteiger partial charge >= 0.3 is 0 Å². The fourth-order valence-corrected chi connectivity index (χ4v) is 5.04. The Morgan fingerprint density at radius 3 is 2.45 bits per heavy atom. The zero-order chi connectivity index (χ0) is 23.8. The first-order valence-corrected chi connectivity index (χ1v) is 13.2. The lowest BCUT2D eigenvalue weighted by molar-refractivity contribution is 0.0956. The summed E-state index contributed by atoms with van der Waals surface area (Å²) >= 11 is 3.88. The molecule has 0 saturated heterocycles. The van der Waals surface area contributed by atoms with Crippen molar-refractivity contribution in [1.29, 1.82) is 0 Å². The summed E-state index contributed by atoms with van der Waals surface area (Å²) in [5.41, 5.74) is 1.62. The predicted octanol–water partition coefficient (Wildman–Crippen LogP) is 3.46. The van der Waals surface area contributed by atoms with Crippen LogP contribution in [-0.2, 0) is 33.3 Å². The average Bonchev–Trinajstić information content (AvgIpc) is 3.27. The van der Waals surface area contributed by atoms with E-state index in [-0.39, 0.29) is 24.6 Å². The van der Waals surface area contributed by atoms with Crippen LogP contribution in [0.4, 0.5) is 5.69 Å². The Morgan fingerprint density at radius 2 is 1.82 bits per heavy atom. The first-order valence-electron chi connectivity index (χ1n) is 9.98. The van der Waals surface area contributed by atoms with Gasteiger partial charge in [-0.1, -0.05) is 29.8 Å². The Hall–Kier alpha value is -2.66. The van der Waals surface area contributed by atoms with Gasteiger partial charge in [-0.2, -0.15) is 0 Å². The number of sulfone groups is 1. The van der Waals surface area contributed by atoms with Gasteiger partial charge in [0.15, 0.2) is 9.84 Å². The van der Waals surface area contributed by atoms with Crippen molar-refractivity contribution in [1.82, 2.24) is 5.32 Å². The van der Waals surface area contributed by atoms with Crippen molar-refractivity contribution in [3.63, 3.8) is 0 Å². The van der Waals surface area contributed by atoms with Gasteiger partial charge in [-0.25, -0.2) is 12.6 Å². The number of furan rings is 1. The van der Waals surface area contributed by atoms with Gasteiger partial charge in [0.1, 0.15) is 11.5 Å². The number of anilines is 1. The molecule has 0 aliphatic heterocycles. The molecule has 176 valence electrons. The van der Waals surface area contributed by atoms with E-state index >= 15 is 0 Å². The van der Waals surface area contributed by atoms with Gasteiger partial charge in [0.25, 0.3) is 17.2 Å². The molecule has 0 bridgehead atoms. The first-order chi connectivity index (χ1) is 15.7. The molecule has 0 saturated carbocycles. The van der Waals surface area contributed by atoms with Gasteiger partial charge in [-0.05, 0) is 54.4 Å². The molecule has 3 rings (SSSR count). The third-order valence-corrected chi connectivity index (χ3v) is 7.48. The average molecular weight is 511 g/mol. The molecule has 2 aromatic carbocycles. The topological polar surface area (TPSA) is 117 Å². The molecular weight excluding hydrogens is 488 g/mol. The lowest BCUT2D eigenvalue weighted by Crippen LogP contribution is -2.30. The number of benzene rings is 2. The minimum Gasteiger partial charge on any atom is -0.468 e. The Morgan fingerprint density at radius 1 is 1.09 bits per heavy atom. The van der Waals surface area contributed by atoms with Gasteiger partial charge in [-0.15, -0.1) is 0 Å². The minimum absolute atomic E-state index is 0.0474. The van der Waals surface area contributed by atoms with Crippen molar-refractivity contribution in [2.45, 2.75) is 12.2 Å². The van der Waals surface area contributed by atoms with E-state index in [0.29, 0.717) is 28.5 Å². The van der Waals surface area contributed by atoms with Crippen LogP contribution in [0.2, 0.25) is 5.02 Å². The molecule has 0 spiro atoms. The van der Waals surface area contributed by atoms with Gasteiger partial charge in [0, 0.05) is 23.7 Å². The van der Waals surface area contributed by atoms with Crippen molar-refractivity contribution in [2.24, 2.45) is 0 Å². The quantitative estimate of drug-likeness (QED) is 0.381. The van der Waals surface area contributed by atoms with Crippen LogP contribution in [0, 0.1) is 0 Å². The van der Waals surface area contributed by atoms with Gasteiger partial charge < -0.3 is 9.73 Å². The fourth-order valence-electron chi connectivity index (χ4n) is 3.11. The van der Waals surface area contributed by atoms with Crippen molar-refractivity contribution >= 4 is 44.3 Å². The molecule has 1 unspecified atom stereocenters. The molecule has 1 heterocycles. The number of nitrogens with zero attached hydrogens (tertiary/aromatic N) is 1. The standard InChI is InChI=1S/C22H23ClN2O6S2/c23-21-6-2-1-4-17(21)11-13-25(32(27)28)19-9-7-18(8-10-19)22(26)24-12-15-33(29,30)16-20-5-3-14-31-20/h1-10,14H,11-13,15-16H2,(H,24,26)(H,27,28). The van der Waals surface area contributed by atoms with Crippen LogP contribution in [0.3, 0.4) is 0 Å². The summed E-state index contributed by atoms with van der Waals surface area (Å²) in [6, 6.07) is 16.6. The highest BCUT2D eigenvalue weighted by molar-refractivity contribution is 7.90. The number of amides is 1. The van der Waals surface area contributed by atoms with Crippen LogP contribution in [0.1, 0.15) is 21.7 Å². The number of hydrogen-bond acceptors (Lipinski definition) is 5. The van der Waals surface area contributed by atoms with E-state index in [4.69, 9.17) is 16.0 Å². The summed E-state index contributed by atoms with van der Waals surface area (Å²) in [5, 5.41) is 3.16. The highest BCUT2D eigenvalue weighted by Crippen LogP contribution is 2.20.